The van der Waals surface area contributed by atoms with E-state index < -0.39 is 5.56 Å². The molecule has 0 amide bonds. The van der Waals surface area contributed by atoms with Crippen LogP contribution in [0.25, 0.3) is 11.1 Å². The van der Waals surface area contributed by atoms with Crippen LogP contribution in [0.5, 0.6) is 5.75 Å². The third-order valence-corrected chi connectivity index (χ3v) is 3.22. The summed E-state index contributed by atoms with van der Waals surface area (Å²) in [4.78, 5) is 11.4. The van der Waals surface area contributed by atoms with Gasteiger partial charge in [-0.25, -0.2) is 0 Å². The van der Waals surface area contributed by atoms with Crippen molar-refractivity contribution in [3.63, 3.8) is 0 Å². The predicted octanol–water partition coefficient (Wildman–Crippen LogP) is 3.37. The summed E-state index contributed by atoms with van der Waals surface area (Å²) in [6, 6.07) is 4.82. The van der Waals surface area contributed by atoms with Crippen molar-refractivity contribution < 1.29 is 5.11 Å². The second-order valence-corrected chi connectivity index (χ2v) is 4.95. The van der Waals surface area contributed by atoms with Crippen LogP contribution in [0.3, 0.4) is 0 Å². The lowest BCUT2D eigenvalue weighted by atomic mass is 10.0. The molecule has 1 heterocycles. The maximum Gasteiger partial charge on any atom is 0.292 e. The monoisotopic (exact) mass is 283 g/mol. The Bertz CT molecular complexity index is 628. The molecule has 0 unspecified atom stereocenters. The van der Waals surface area contributed by atoms with E-state index in [0.717, 1.165) is 11.1 Å². The van der Waals surface area contributed by atoms with Gasteiger partial charge < -0.3 is 9.67 Å². The summed E-state index contributed by atoms with van der Waals surface area (Å²) < 4.78 is 1.31. The number of aryl methyl sites for hydroxylation is 2. The molecule has 1 aromatic heterocycles. The SMILES string of the molecule is Cc1cc(Cl)cc(Cl)c1-c1cc(O)c(=O)n(C)c1. The number of rotatable bonds is 1. The Morgan fingerprint density at radius 1 is 1.22 bits per heavy atom. The van der Waals surface area contributed by atoms with Gasteiger partial charge in [0.05, 0.1) is 5.02 Å². The minimum absolute atomic E-state index is 0.305. The Morgan fingerprint density at radius 2 is 1.89 bits per heavy atom. The molecule has 3 nitrogen and oxygen atoms in total. The van der Waals surface area contributed by atoms with Crippen molar-refractivity contribution in [2.75, 3.05) is 0 Å². The minimum Gasteiger partial charge on any atom is -0.503 e. The zero-order chi connectivity index (χ0) is 13.4. The number of hydrogen-bond donors (Lipinski definition) is 1. The van der Waals surface area contributed by atoms with Crippen LogP contribution < -0.4 is 5.56 Å². The van der Waals surface area contributed by atoms with Gasteiger partial charge in [0.2, 0.25) is 0 Å². The van der Waals surface area contributed by atoms with Gasteiger partial charge in [-0.3, -0.25) is 4.79 Å². The molecule has 1 N–H and O–H groups in total. The fourth-order valence-corrected chi connectivity index (χ4v) is 2.60. The highest BCUT2D eigenvalue weighted by molar-refractivity contribution is 6.36. The number of aromatic nitrogens is 1. The summed E-state index contributed by atoms with van der Waals surface area (Å²) >= 11 is 12.1. The average molecular weight is 284 g/mol. The van der Waals surface area contributed by atoms with Gasteiger partial charge in [-0.05, 0) is 30.7 Å². The molecule has 0 spiro atoms. The maximum absolute atomic E-state index is 11.4. The molecule has 0 fully saturated rings. The molecule has 0 bridgehead atoms. The fourth-order valence-electron chi connectivity index (χ4n) is 1.90. The summed E-state index contributed by atoms with van der Waals surface area (Å²) in [5.74, 6) is -0.305. The fraction of sp³-hybridized carbons (Fsp3) is 0.154. The number of nitrogens with zero attached hydrogens (tertiary/aromatic N) is 1. The molecule has 0 aliphatic heterocycles. The van der Waals surface area contributed by atoms with Crippen LogP contribution in [0, 0.1) is 6.92 Å². The molecule has 0 radical (unpaired) electrons. The minimum atomic E-state index is -0.443. The first-order valence-electron chi connectivity index (χ1n) is 5.26. The molecule has 2 aromatic rings. The summed E-state index contributed by atoms with van der Waals surface area (Å²) in [6.07, 6.45) is 1.63. The molecule has 2 rings (SSSR count). The van der Waals surface area contributed by atoms with Crippen LogP contribution in [0.2, 0.25) is 10.0 Å². The smallest absolute Gasteiger partial charge is 0.292 e. The van der Waals surface area contributed by atoms with Crippen molar-refractivity contribution in [3.05, 3.63) is 50.4 Å². The van der Waals surface area contributed by atoms with Crippen molar-refractivity contribution in [3.8, 4) is 16.9 Å². The summed E-state index contributed by atoms with van der Waals surface area (Å²) in [5.41, 5.74) is 1.87. The van der Waals surface area contributed by atoms with Crippen LogP contribution >= 0.6 is 23.2 Å². The summed E-state index contributed by atoms with van der Waals surface area (Å²) in [6.45, 7) is 1.87. The van der Waals surface area contributed by atoms with E-state index in [4.69, 9.17) is 23.2 Å². The summed E-state index contributed by atoms with van der Waals surface area (Å²) in [7, 11) is 1.57. The van der Waals surface area contributed by atoms with E-state index in [1.807, 2.05) is 6.92 Å². The van der Waals surface area contributed by atoms with Crippen molar-refractivity contribution in [1.29, 1.82) is 0 Å². The quantitative estimate of drug-likeness (QED) is 0.872. The topological polar surface area (TPSA) is 42.2 Å². The highest BCUT2D eigenvalue weighted by Gasteiger charge is 2.11. The van der Waals surface area contributed by atoms with E-state index in [9.17, 15) is 9.90 Å². The average Bonchev–Trinajstić information content (AvgIpc) is 2.24. The first kappa shape index (κ1) is 13.0. The van der Waals surface area contributed by atoms with Crippen molar-refractivity contribution in [2.45, 2.75) is 6.92 Å². The van der Waals surface area contributed by atoms with Gasteiger partial charge in [0.25, 0.3) is 5.56 Å². The number of halogens is 2. The number of benzene rings is 1. The molecule has 1 aromatic carbocycles. The normalized spacial score (nSPS) is 10.7. The van der Waals surface area contributed by atoms with E-state index in [2.05, 4.69) is 0 Å². The van der Waals surface area contributed by atoms with Gasteiger partial charge in [0.1, 0.15) is 0 Å². The van der Waals surface area contributed by atoms with Crippen LogP contribution in [0.1, 0.15) is 5.56 Å². The maximum atomic E-state index is 11.4. The highest BCUT2D eigenvalue weighted by atomic mass is 35.5. The largest absolute Gasteiger partial charge is 0.503 e. The molecule has 94 valence electrons. The first-order valence-corrected chi connectivity index (χ1v) is 6.01. The molecule has 5 heteroatoms. The molecule has 0 saturated heterocycles. The molecule has 0 aliphatic carbocycles. The Kier molecular flexibility index (Phi) is 3.37. The van der Waals surface area contributed by atoms with Crippen LogP contribution in [-0.4, -0.2) is 9.67 Å². The third-order valence-electron chi connectivity index (χ3n) is 2.71. The van der Waals surface area contributed by atoms with Gasteiger partial charge in [-0.15, -0.1) is 0 Å². The Labute approximate surface area is 114 Å². The van der Waals surface area contributed by atoms with E-state index >= 15 is 0 Å². The number of pyridine rings is 1. The highest BCUT2D eigenvalue weighted by Crippen LogP contribution is 2.34. The lowest BCUT2D eigenvalue weighted by molar-refractivity contribution is 0.461. The van der Waals surface area contributed by atoms with E-state index in [1.54, 1.807) is 25.4 Å². The van der Waals surface area contributed by atoms with E-state index in [1.165, 1.54) is 10.6 Å². The van der Waals surface area contributed by atoms with Crippen molar-refractivity contribution >= 4 is 23.2 Å². The Morgan fingerprint density at radius 3 is 2.44 bits per heavy atom. The van der Waals surface area contributed by atoms with E-state index in [-0.39, 0.29) is 5.75 Å². The molecule has 18 heavy (non-hydrogen) atoms. The van der Waals surface area contributed by atoms with Gasteiger partial charge in [0, 0.05) is 29.4 Å². The standard InChI is InChI=1S/C13H11Cl2NO2/c1-7-3-9(14)5-10(15)12(7)8-4-11(17)13(18)16(2)6-8/h3-6,17H,1-2H3. The van der Waals surface area contributed by atoms with Gasteiger partial charge in [-0.1, -0.05) is 23.2 Å². The third kappa shape index (κ3) is 2.24. The molecule has 0 aliphatic rings. The Hall–Kier alpha value is -1.45. The van der Waals surface area contributed by atoms with Crippen molar-refractivity contribution in [2.24, 2.45) is 7.05 Å². The zero-order valence-corrected chi connectivity index (χ0v) is 11.4. The van der Waals surface area contributed by atoms with Gasteiger partial charge in [-0.2, -0.15) is 0 Å². The molecule has 0 atom stereocenters. The lowest BCUT2D eigenvalue weighted by Crippen LogP contribution is -2.15. The van der Waals surface area contributed by atoms with Crippen LogP contribution in [0.15, 0.2) is 29.2 Å². The van der Waals surface area contributed by atoms with Crippen molar-refractivity contribution in [1.82, 2.24) is 4.57 Å². The second kappa shape index (κ2) is 4.67. The van der Waals surface area contributed by atoms with E-state index in [0.29, 0.717) is 15.6 Å². The molecular weight excluding hydrogens is 273 g/mol. The molecular formula is C13H11Cl2NO2. The Balaban J connectivity index is 2.74. The van der Waals surface area contributed by atoms with Crippen LogP contribution in [-0.2, 0) is 7.05 Å². The zero-order valence-electron chi connectivity index (χ0n) is 9.87. The van der Waals surface area contributed by atoms with Gasteiger partial charge in [0.15, 0.2) is 5.75 Å². The number of hydrogen-bond acceptors (Lipinski definition) is 2. The van der Waals surface area contributed by atoms with Crippen LogP contribution in [0.4, 0.5) is 0 Å². The second-order valence-electron chi connectivity index (χ2n) is 4.11. The number of aromatic hydroxyl groups is 1. The molecule has 0 saturated carbocycles. The van der Waals surface area contributed by atoms with Gasteiger partial charge >= 0.3 is 0 Å². The first-order chi connectivity index (χ1) is 8.40. The summed E-state index contributed by atoms with van der Waals surface area (Å²) in [5, 5.41) is 10.6. The predicted molar refractivity (Wildman–Crippen MR) is 73.5 cm³/mol. The lowest BCUT2D eigenvalue weighted by Gasteiger charge is -2.11.